The first-order valence-electron chi connectivity index (χ1n) is 13.4. The lowest BCUT2D eigenvalue weighted by Crippen LogP contribution is -2.50. The number of hydrogen-bond acceptors (Lipinski definition) is 4. The molecule has 0 spiro atoms. The van der Waals surface area contributed by atoms with Crippen LogP contribution in [-0.4, -0.2) is 42.0 Å². The molecule has 2 aromatic carbocycles. The Morgan fingerprint density at radius 2 is 1.69 bits per heavy atom. The van der Waals surface area contributed by atoms with E-state index in [0.29, 0.717) is 44.1 Å². The minimum absolute atomic E-state index is 0.0327. The second kappa shape index (κ2) is 13.9. The van der Waals surface area contributed by atoms with E-state index in [1.807, 2.05) is 64.1 Å². The molecule has 0 heterocycles. The Balaban J connectivity index is 1.72. The van der Waals surface area contributed by atoms with Crippen molar-refractivity contribution >= 4 is 11.8 Å². The molecule has 1 atom stereocenters. The van der Waals surface area contributed by atoms with Crippen molar-refractivity contribution in [3.05, 3.63) is 59.2 Å². The molecule has 0 aromatic heterocycles. The molecule has 6 heteroatoms. The van der Waals surface area contributed by atoms with Crippen LogP contribution in [0.1, 0.15) is 76.0 Å². The fraction of sp³-hybridized carbons (Fsp3) is 0.533. The van der Waals surface area contributed by atoms with Gasteiger partial charge in [-0.25, -0.2) is 0 Å². The average Bonchev–Trinajstić information content (AvgIpc) is 2.87. The fourth-order valence-electron chi connectivity index (χ4n) is 4.80. The van der Waals surface area contributed by atoms with Gasteiger partial charge in [0.1, 0.15) is 6.04 Å². The molecule has 0 aliphatic heterocycles. The molecule has 1 N–H and O–H groups in total. The summed E-state index contributed by atoms with van der Waals surface area (Å²) in [6.07, 6.45) is 6.44. The topological polar surface area (TPSA) is 67.9 Å². The first kappa shape index (κ1) is 27.6. The molecule has 1 unspecified atom stereocenters. The summed E-state index contributed by atoms with van der Waals surface area (Å²) in [5.41, 5.74) is 3.17. The monoisotopic (exact) mass is 494 g/mol. The Kier molecular flexibility index (Phi) is 10.6. The van der Waals surface area contributed by atoms with Crippen molar-refractivity contribution < 1.29 is 19.1 Å². The number of benzene rings is 2. The van der Waals surface area contributed by atoms with Crippen molar-refractivity contribution in [2.24, 2.45) is 0 Å². The van der Waals surface area contributed by atoms with Crippen LogP contribution in [-0.2, 0) is 22.6 Å². The van der Waals surface area contributed by atoms with Gasteiger partial charge in [-0.3, -0.25) is 9.59 Å². The number of amides is 2. The molecule has 6 nitrogen and oxygen atoms in total. The fourth-order valence-corrected chi connectivity index (χ4v) is 4.80. The number of carbonyl (C=O) groups excluding carboxylic acids is 2. The molecule has 2 aromatic rings. The van der Waals surface area contributed by atoms with E-state index < -0.39 is 6.04 Å². The third kappa shape index (κ3) is 8.00. The van der Waals surface area contributed by atoms with Gasteiger partial charge in [0.15, 0.2) is 11.5 Å². The number of hydrogen-bond donors (Lipinski definition) is 1. The van der Waals surface area contributed by atoms with E-state index in [4.69, 9.17) is 9.47 Å². The Labute approximate surface area is 216 Å². The largest absolute Gasteiger partial charge is 0.490 e. The van der Waals surface area contributed by atoms with Crippen LogP contribution in [0, 0.1) is 6.92 Å². The van der Waals surface area contributed by atoms with Crippen molar-refractivity contribution in [2.45, 2.75) is 91.3 Å². The Morgan fingerprint density at radius 1 is 0.972 bits per heavy atom. The van der Waals surface area contributed by atoms with Crippen LogP contribution >= 0.6 is 0 Å². The zero-order valence-electron chi connectivity index (χ0n) is 22.3. The zero-order chi connectivity index (χ0) is 25.9. The van der Waals surface area contributed by atoms with Gasteiger partial charge in [-0.05, 0) is 70.2 Å². The highest BCUT2D eigenvalue weighted by atomic mass is 16.5. The molecule has 2 amide bonds. The zero-order valence-corrected chi connectivity index (χ0v) is 22.3. The summed E-state index contributed by atoms with van der Waals surface area (Å²) >= 11 is 0. The van der Waals surface area contributed by atoms with Gasteiger partial charge in [0, 0.05) is 19.0 Å². The second-order valence-electron chi connectivity index (χ2n) is 9.68. The highest BCUT2D eigenvalue weighted by molar-refractivity contribution is 5.87. The quantitative estimate of drug-likeness (QED) is 0.418. The summed E-state index contributed by atoms with van der Waals surface area (Å²) in [6, 6.07) is 13.6. The molecule has 1 aliphatic rings. The lowest BCUT2D eigenvalue weighted by Gasteiger charge is -2.31. The van der Waals surface area contributed by atoms with Gasteiger partial charge in [0.05, 0.1) is 13.2 Å². The number of carbonyl (C=O) groups is 2. The smallest absolute Gasteiger partial charge is 0.242 e. The van der Waals surface area contributed by atoms with Crippen molar-refractivity contribution in [1.29, 1.82) is 0 Å². The SMILES string of the molecule is CCOc1ccc(CCC(=O)N(Cc2cccc(C)c2)C(C)C(=O)NC2CCCCC2)cc1OCC. The summed E-state index contributed by atoms with van der Waals surface area (Å²) in [7, 11) is 0. The normalized spacial score (nSPS) is 14.7. The maximum absolute atomic E-state index is 13.5. The Morgan fingerprint density at radius 3 is 2.39 bits per heavy atom. The summed E-state index contributed by atoms with van der Waals surface area (Å²) in [6.45, 7) is 9.28. The maximum Gasteiger partial charge on any atom is 0.242 e. The van der Waals surface area contributed by atoms with E-state index in [-0.39, 0.29) is 17.9 Å². The van der Waals surface area contributed by atoms with E-state index in [0.717, 1.165) is 42.4 Å². The predicted molar refractivity (Wildman–Crippen MR) is 143 cm³/mol. The molecular formula is C30H42N2O4. The van der Waals surface area contributed by atoms with E-state index in [2.05, 4.69) is 11.4 Å². The molecule has 0 bridgehead atoms. The molecule has 3 rings (SSSR count). The Hall–Kier alpha value is -3.02. The van der Waals surface area contributed by atoms with E-state index in [1.54, 1.807) is 4.90 Å². The lowest BCUT2D eigenvalue weighted by molar-refractivity contribution is -0.141. The third-order valence-electron chi connectivity index (χ3n) is 6.79. The maximum atomic E-state index is 13.5. The number of rotatable bonds is 12. The van der Waals surface area contributed by atoms with Crippen LogP contribution < -0.4 is 14.8 Å². The van der Waals surface area contributed by atoms with Crippen LogP contribution in [0.5, 0.6) is 11.5 Å². The third-order valence-corrected chi connectivity index (χ3v) is 6.79. The van der Waals surface area contributed by atoms with Crippen molar-refractivity contribution in [3.63, 3.8) is 0 Å². The second-order valence-corrected chi connectivity index (χ2v) is 9.68. The van der Waals surface area contributed by atoms with Gasteiger partial charge in [-0.2, -0.15) is 0 Å². The minimum Gasteiger partial charge on any atom is -0.490 e. The van der Waals surface area contributed by atoms with Gasteiger partial charge in [0.25, 0.3) is 0 Å². The summed E-state index contributed by atoms with van der Waals surface area (Å²) < 4.78 is 11.4. The summed E-state index contributed by atoms with van der Waals surface area (Å²) in [5, 5.41) is 3.20. The molecule has 0 saturated heterocycles. The molecule has 36 heavy (non-hydrogen) atoms. The minimum atomic E-state index is -0.542. The van der Waals surface area contributed by atoms with Crippen LogP contribution in [0.3, 0.4) is 0 Å². The van der Waals surface area contributed by atoms with Gasteiger partial charge in [-0.1, -0.05) is 55.2 Å². The highest BCUT2D eigenvalue weighted by Gasteiger charge is 2.28. The van der Waals surface area contributed by atoms with Crippen LogP contribution in [0.2, 0.25) is 0 Å². The Bertz CT molecular complexity index is 1000. The molecular weight excluding hydrogens is 452 g/mol. The molecule has 1 saturated carbocycles. The number of aryl methyl sites for hydroxylation is 2. The van der Waals surface area contributed by atoms with Gasteiger partial charge >= 0.3 is 0 Å². The molecule has 196 valence electrons. The first-order valence-corrected chi connectivity index (χ1v) is 13.4. The van der Waals surface area contributed by atoms with E-state index in [9.17, 15) is 9.59 Å². The lowest BCUT2D eigenvalue weighted by atomic mass is 9.95. The predicted octanol–water partition coefficient (Wildman–Crippen LogP) is 5.59. The summed E-state index contributed by atoms with van der Waals surface area (Å²) in [5.74, 6) is 1.31. The van der Waals surface area contributed by atoms with Crippen LogP contribution in [0.15, 0.2) is 42.5 Å². The van der Waals surface area contributed by atoms with Gasteiger partial charge in [0.2, 0.25) is 11.8 Å². The van der Waals surface area contributed by atoms with Gasteiger partial charge in [-0.15, -0.1) is 0 Å². The summed E-state index contributed by atoms with van der Waals surface area (Å²) in [4.78, 5) is 28.4. The molecule has 1 fully saturated rings. The van der Waals surface area contributed by atoms with Crippen LogP contribution in [0.4, 0.5) is 0 Å². The van der Waals surface area contributed by atoms with Crippen molar-refractivity contribution in [3.8, 4) is 11.5 Å². The van der Waals surface area contributed by atoms with Crippen LogP contribution in [0.25, 0.3) is 0 Å². The number of nitrogens with one attached hydrogen (secondary N) is 1. The molecule has 1 aliphatic carbocycles. The van der Waals surface area contributed by atoms with Crippen molar-refractivity contribution in [2.75, 3.05) is 13.2 Å². The van der Waals surface area contributed by atoms with Crippen molar-refractivity contribution in [1.82, 2.24) is 10.2 Å². The average molecular weight is 495 g/mol. The van der Waals surface area contributed by atoms with E-state index in [1.165, 1.54) is 6.42 Å². The molecule has 0 radical (unpaired) electrons. The standard InChI is InChI=1S/C30H42N2O4/c1-5-35-27-17-15-24(20-28(27)36-6-2)16-18-29(33)32(21-25-12-10-11-22(3)19-25)23(4)30(34)31-26-13-8-7-9-14-26/h10-12,15,17,19-20,23,26H,5-9,13-14,16,18,21H2,1-4H3,(H,31,34). The number of nitrogens with zero attached hydrogens (tertiary/aromatic N) is 1. The highest BCUT2D eigenvalue weighted by Crippen LogP contribution is 2.29. The number of ether oxygens (including phenoxy) is 2. The van der Waals surface area contributed by atoms with Gasteiger partial charge < -0.3 is 19.7 Å². The first-order chi connectivity index (χ1) is 17.4. The van der Waals surface area contributed by atoms with E-state index >= 15 is 0 Å².